The Balaban J connectivity index is 1.74. The van der Waals surface area contributed by atoms with Crippen LogP contribution in [0.25, 0.3) is 0 Å². The third-order valence-corrected chi connectivity index (χ3v) is 4.97. The second-order valence-electron chi connectivity index (χ2n) is 6.26. The first-order valence-electron chi connectivity index (χ1n) is 8.81. The van der Waals surface area contributed by atoms with E-state index in [9.17, 15) is 0 Å². The minimum atomic E-state index is 0.486. The molecule has 0 aliphatic rings. The largest absolute Gasteiger partial charge is 0.493 e. The lowest BCUT2D eigenvalue weighted by Crippen LogP contribution is -2.15. The van der Waals surface area contributed by atoms with Crippen molar-refractivity contribution in [3.05, 3.63) is 87.7 Å². The van der Waals surface area contributed by atoms with Crippen molar-refractivity contribution in [1.29, 1.82) is 0 Å². The molecule has 0 fully saturated rings. The predicted octanol–water partition coefficient (Wildman–Crippen LogP) is 5.03. The van der Waals surface area contributed by atoms with E-state index in [1.807, 2.05) is 30.3 Å². The number of ether oxygens (including phenoxy) is 2. The first kappa shape index (κ1) is 19.4. The molecule has 0 spiro atoms. The molecule has 0 radical (unpaired) electrons. The maximum absolute atomic E-state index is 6.16. The van der Waals surface area contributed by atoms with Crippen LogP contribution in [0.5, 0.6) is 11.5 Å². The van der Waals surface area contributed by atoms with Crippen LogP contribution in [0.1, 0.15) is 22.4 Å². The molecule has 27 heavy (non-hydrogen) atoms. The Morgan fingerprint density at radius 3 is 2.52 bits per heavy atom. The number of nitrogens with zero attached hydrogens (tertiary/aromatic N) is 1. The van der Waals surface area contributed by atoms with Gasteiger partial charge in [-0.3, -0.25) is 4.98 Å². The van der Waals surface area contributed by atoms with Crippen molar-refractivity contribution in [3.63, 3.8) is 0 Å². The molecule has 3 aromatic rings. The van der Waals surface area contributed by atoms with Gasteiger partial charge in [-0.05, 0) is 36.8 Å². The van der Waals surface area contributed by atoms with Crippen LogP contribution in [0.15, 0.2) is 65.3 Å². The van der Waals surface area contributed by atoms with Gasteiger partial charge in [-0.2, -0.15) is 0 Å². The molecule has 1 heterocycles. The number of aryl methyl sites for hydroxylation is 1. The van der Waals surface area contributed by atoms with Gasteiger partial charge in [-0.25, -0.2) is 0 Å². The summed E-state index contributed by atoms with van der Waals surface area (Å²) in [5.74, 6) is 1.47. The molecule has 5 heteroatoms. The number of hydrogen-bond acceptors (Lipinski definition) is 4. The van der Waals surface area contributed by atoms with Crippen molar-refractivity contribution < 1.29 is 9.47 Å². The molecule has 1 N–H and O–H groups in total. The lowest BCUT2D eigenvalue weighted by Gasteiger charge is -2.17. The van der Waals surface area contributed by atoms with Crippen LogP contribution in [0.4, 0.5) is 0 Å². The maximum Gasteiger partial charge on any atom is 0.167 e. The summed E-state index contributed by atoms with van der Waals surface area (Å²) in [6.07, 6.45) is 1.80. The first-order valence-corrected chi connectivity index (χ1v) is 9.61. The third kappa shape index (κ3) is 5.31. The number of nitrogens with one attached hydrogen (secondary N) is 1. The minimum absolute atomic E-state index is 0.486. The van der Waals surface area contributed by atoms with Crippen LogP contribution in [0, 0.1) is 6.92 Å². The quantitative estimate of drug-likeness (QED) is 0.548. The zero-order chi connectivity index (χ0) is 19.1. The van der Waals surface area contributed by atoms with Gasteiger partial charge in [0.1, 0.15) is 6.61 Å². The van der Waals surface area contributed by atoms with Gasteiger partial charge in [-0.1, -0.05) is 51.8 Å². The van der Waals surface area contributed by atoms with Gasteiger partial charge in [-0.15, -0.1) is 0 Å². The maximum atomic E-state index is 6.16. The number of rotatable bonds is 8. The Morgan fingerprint density at radius 2 is 1.81 bits per heavy atom. The average molecular weight is 427 g/mol. The summed E-state index contributed by atoms with van der Waals surface area (Å²) in [4.78, 5) is 4.34. The fourth-order valence-electron chi connectivity index (χ4n) is 2.72. The number of aromatic nitrogens is 1. The molecule has 0 unspecified atom stereocenters. The number of pyridine rings is 1. The molecule has 0 aliphatic heterocycles. The summed E-state index contributed by atoms with van der Waals surface area (Å²) in [6.45, 7) is 3.88. The molecule has 0 saturated carbocycles. The van der Waals surface area contributed by atoms with Crippen LogP contribution in [-0.4, -0.2) is 12.1 Å². The molecule has 140 valence electrons. The van der Waals surface area contributed by atoms with Crippen molar-refractivity contribution in [2.24, 2.45) is 0 Å². The van der Waals surface area contributed by atoms with E-state index in [2.05, 4.69) is 57.4 Å². The normalized spacial score (nSPS) is 10.6. The molecule has 2 aromatic carbocycles. The van der Waals surface area contributed by atoms with Crippen LogP contribution in [0.3, 0.4) is 0 Å². The average Bonchev–Trinajstić information content (AvgIpc) is 2.70. The van der Waals surface area contributed by atoms with Gasteiger partial charge >= 0.3 is 0 Å². The van der Waals surface area contributed by atoms with E-state index in [-0.39, 0.29) is 0 Å². The summed E-state index contributed by atoms with van der Waals surface area (Å²) in [6, 6.07) is 18.1. The molecule has 1 aromatic heterocycles. The summed E-state index contributed by atoms with van der Waals surface area (Å²) in [5, 5.41) is 3.43. The van der Waals surface area contributed by atoms with Gasteiger partial charge in [0.2, 0.25) is 0 Å². The number of benzene rings is 2. The number of halogens is 1. The SMILES string of the molecule is COc1ccc(Br)c(CNCc2ccccn2)c1OCc1ccc(C)cc1. The van der Waals surface area contributed by atoms with Gasteiger partial charge in [0.05, 0.1) is 12.8 Å². The van der Waals surface area contributed by atoms with Crippen molar-refractivity contribution >= 4 is 15.9 Å². The highest BCUT2D eigenvalue weighted by molar-refractivity contribution is 9.10. The molecule has 0 aliphatic carbocycles. The van der Waals surface area contributed by atoms with E-state index in [0.29, 0.717) is 19.7 Å². The second-order valence-corrected chi connectivity index (χ2v) is 7.11. The minimum Gasteiger partial charge on any atom is -0.493 e. The van der Waals surface area contributed by atoms with Crippen LogP contribution in [0.2, 0.25) is 0 Å². The Morgan fingerprint density at radius 1 is 1.00 bits per heavy atom. The Labute approximate surface area is 168 Å². The highest BCUT2D eigenvalue weighted by Gasteiger charge is 2.15. The van der Waals surface area contributed by atoms with E-state index in [4.69, 9.17) is 9.47 Å². The number of hydrogen-bond donors (Lipinski definition) is 1. The van der Waals surface area contributed by atoms with Crippen LogP contribution in [-0.2, 0) is 19.7 Å². The molecule has 0 saturated heterocycles. The molecule has 0 atom stereocenters. The lowest BCUT2D eigenvalue weighted by molar-refractivity contribution is 0.280. The summed E-state index contributed by atoms with van der Waals surface area (Å²) >= 11 is 3.64. The molecular weight excluding hydrogens is 404 g/mol. The molecule has 4 nitrogen and oxygen atoms in total. The molecular formula is C22H23BrN2O2. The van der Waals surface area contributed by atoms with Crippen molar-refractivity contribution in [2.45, 2.75) is 26.6 Å². The summed E-state index contributed by atoms with van der Waals surface area (Å²) in [5.41, 5.74) is 4.38. The monoisotopic (exact) mass is 426 g/mol. The Kier molecular flexibility index (Phi) is 6.85. The molecule has 0 bridgehead atoms. The topological polar surface area (TPSA) is 43.4 Å². The van der Waals surface area contributed by atoms with Gasteiger partial charge in [0.25, 0.3) is 0 Å². The van der Waals surface area contributed by atoms with Crippen molar-refractivity contribution in [3.8, 4) is 11.5 Å². The van der Waals surface area contributed by atoms with Gasteiger partial charge in [0, 0.05) is 29.3 Å². The van der Waals surface area contributed by atoms with E-state index in [0.717, 1.165) is 32.8 Å². The van der Waals surface area contributed by atoms with E-state index >= 15 is 0 Å². The van der Waals surface area contributed by atoms with Crippen molar-refractivity contribution in [1.82, 2.24) is 10.3 Å². The first-order chi connectivity index (χ1) is 13.2. The fourth-order valence-corrected chi connectivity index (χ4v) is 3.18. The highest BCUT2D eigenvalue weighted by Crippen LogP contribution is 2.36. The fraction of sp³-hybridized carbons (Fsp3) is 0.227. The van der Waals surface area contributed by atoms with E-state index in [1.165, 1.54) is 5.56 Å². The lowest BCUT2D eigenvalue weighted by atomic mass is 10.1. The Bertz CT molecular complexity index is 867. The zero-order valence-corrected chi connectivity index (χ0v) is 17.1. The number of methoxy groups -OCH3 is 1. The third-order valence-electron chi connectivity index (χ3n) is 4.22. The van der Waals surface area contributed by atoms with Crippen LogP contribution >= 0.6 is 15.9 Å². The van der Waals surface area contributed by atoms with Crippen molar-refractivity contribution in [2.75, 3.05) is 7.11 Å². The standard InChI is InChI=1S/C22H23BrN2O2/c1-16-6-8-17(9-7-16)15-27-22-19(20(23)10-11-21(22)26-2)14-24-13-18-5-3-4-12-25-18/h3-12,24H,13-15H2,1-2H3. The van der Waals surface area contributed by atoms with E-state index < -0.39 is 0 Å². The van der Waals surface area contributed by atoms with Gasteiger partial charge < -0.3 is 14.8 Å². The summed E-state index contributed by atoms with van der Waals surface area (Å²) < 4.78 is 12.7. The molecule has 3 rings (SSSR count). The van der Waals surface area contributed by atoms with Crippen LogP contribution < -0.4 is 14.8 Å². The molecule has 0 amide bonds. The Hall–Kier alpha value is -2.37. The van der Waals surface area contributed by atoms with Gasteiger partial charge in [0.15, 0.2) is 11.5 Å². The zero-order valence-electron chi connectivity index (χ0n) is 15.5. The summed E-state index contributed by atoms with van der Waals surface area (Å²) in [7, 11) is 1.66. The predicted molar refractivity (Wildman–Crippen MR) is 111 cm³/mol. The smallest absolute Gasteiger partial charge is 0.167 e. The van der Waals surface area contributed by atoms with E-state index in [1.54, 1.807) is 13.3 Å². The second kappa shape index (κ2) is 9.53. The highest BCUT2D eigenvalue weighted by atomic mass is 79.9.